The number of fused-ring (bicyclic) bond motifs is 5. The summed E-state index contributed by atoms with van der Waals surface area (Å²) < 4.78 is 71.5. The van der Waals surface area contributed by atoms with Crippen molar-refractivity contribution in [2.45, 2.75) is 36.2 Å². The number of ether oxygens (including phenoxy) is 1. The normalized spacial score (nSPS) is 35.6. The minimum absolute atomic E-state index is 0.00405. The van der Waals surface area contributed by atoms with Crippen LogP contribution in [0.15, 0.2) is 18.2 Å². The van der Waals surface area contributed by atoms with Gasteiger partial charge in [-0.2, -0.15) is 18.4 Å². The summed E-state index contributed by atoms with van der Waals surface area (Å²) in [6.07, 6.45) is -6.57. The number of alkyl halides is 3. The fraction of sp³-hybridized carbons (Fsp3) is 0.533. The van der Waals surface area contributed by atoms with E-state index in [-0.39, 0.29) is 18.2 Å². The Labute approximate surface area is 141 Å². The maximum atomic E-state index is 13.1. The van der Waals surface area contributed by atoms with Crippen LogP contribution < -0.4 is 4.31 Å². The Morgan fingerprint density at radius 1 is 1.36 bits per heavy atom. The van der Waals surface area contributed by atoms with E-state index < -0.39 is 50.9 Å². The monoisotopic (exact) mass is 374 g/mol. The number of aliphatic hydroxyl groups is 1. The fourth-order valence-corrected chi connectivity index (χ4v) is 6.44. The molecule has 1 aromatic carbocycles. The van der Waals surface area contributed by atoms with E-state index in [4.69, 9.17) is 10.00 Å². The zero-order valence-electron chi connectivity index (χ0n) is 12.6. The van der Waals surface area contributed by atoms with Crippen LogP contribution in [0.5, 0.6) is 0 Å². The van der Waals surface area contributed by atoms with Crippen molar-refractivity contribution >= 4 is 15.7 Å². The molecule has 2 bridgehead atoms. The number of benzene rings is 1. The van der Waals surface area contributed by atoms with Gasteiger partial charge in [0.25, 0.3) is 0 Å². The Hall–Kier alpha value is -1.83. The lowest BCUT2D eigenvalue weighted by Crippen LogP contribution is -2.42. The number of hydrogen-bond acceptors (Lipinski definition) is 5. The number of rotatable bonds is 1. The first-order valence-electron chi connectivity index (χ1n) is 7.61. The largest absolute Gasteiger partial charge is 0.417 e. The van der Waals surface area contributed by atoms with Gasteiger partial charge in [-0.15, -0.1) is 0 Å². The summed E-state index contributed by atoms with van der Waals surface area (Å²) in [7, 11) is -3.97. The highest BCUT2D eigenvalue weighted by atomic mass is 32.2. The van der Waals surface area contributed by atoms with Crippen LogP contribution in [0.3, 0.4) is 0 Å². The second-order valence-corrected chi connectivity index (χ2v) is 8.50. The molecule has 1 aromatic rings. The molecule has 5 atom stereocenters. The van der Waals surface area contributed by atoms with Gasteiger partial charge in [0, 0.05) is 18.9 Å². The number of hydrogen-bond donors (Lipinski definition) is 1. The number of anilines is 1. The summed E-state index contributed by atoms with van der Waals surface area (Å²) in [4.78, 5) is 0. The van der Waals surface area contributed by atoms with E-state index in [9.17, 15) is 26.7 Å². The first kappa shape index (κ1) is 16.6. The van der Waals surface area contributed by atoms with Crippen LogP contribution in [0.2, 0.25) is 0 Å². The number of nitrogens with zero attached hydrogens (tertiary/aromatic N) is 2. The first-order valence-corrected chi connectivity index (χ1v) is 9.11. The van der Waals surface area contributed by atoms with Crippen molar-refractivity contribution < 1.29 is 31.4 Å². The van der Waals surface area contributed by atoms with E-state index in [1.165, 1.54) is 12.1 Å². The molecule has 0 radical (unpaired) electrons. The Bertz CT molecular complexity index is 880. The summed E-state index contributed by atoms with van der Waals surface area (Å²) in [5, 5.41) is 17.8. The lowest BCUT2D eigenvalue weighted by molar-refractivity contribution is -0.137. The Morgan fingerprint density at radius 3 is 2.72 bits per heavy atom. The van der Waals surface area contributed by atoms with Gasteiger partial charge >= 0.3 is 6.18 Å². The van der Waals surface area contributed by atoms with Crippen LogP contribution >= 0.6 is 0 Å². The van der Waals surface area contributed by atoms with Crippen molar-refractivity contribution in [3.63, 3.8) is 0 Å². The van der Waals surface area contributed by atoms with E-state index in [2.05, 4.69) is 0 Å². The summed E-state index contributed by atoms with van der Waals surface area (Å²) in [6.45, 7) is 0.00405. The highest BCUT2D eigenvalue weighted by molar-refractivity contribution is 7.93. The van der Waals surface area contributed by atoms with Crippen molar-refractivity contribution in [3.05, 3.63) is 29.3 Å². The number of halogens is 3. The van der Waals surface area contributed by atoms with E-state index in [0.717, 1.165) is 10.4 Å². The van der Waals surface area contributed by atoms with Crippen LogP contribution in [0.25, 0.3) is 0 Å². The molecule has 25 heavy (non-hydrogen) atoms. The van der Waals surface area contributed by atoms with Crippen molar-refractivity contribution in [1.29, 1.82) is 5.26 Å². The van der Waals surface area contributed by atoms with Gasteiger partial charge in [-0.25, -0.2) is 8.42 Å². The molecule has 3 fully saturated rings. The summed E-state index contributed by atoms with van der Waals surface area (Å²) in [6, 6.07) is 4.33. The summed E-state index contributed by atoms with van der Waals surface area (Å²) in [5.74, 6) is -0.386. The molecule has 1 N–H and O–H groups in total. The molecule has 3 heterocycles. The van der Waals surface area contributed by atoms with Crippen LogP contribution in [0.4, 0.5) is 18.9 Å². The van der Waals surface area contributed by atoms with Crippen LogP contribution in [-0.4, -0.2) is 43.6 Å². The van der Waals surface area contributed by atoms with Gasteiger partial charge < -0.3 is 9.84 Å². The molecule has 4 rings (SSSR count). The quantitative estimate of drug-likeness (QED) is 0.799. The predicted octanol–water partition coefficient (Wildman–Crippen LogP) is 1.24. The molecule has 0 aromatic heterocycles. The molecule has 3 saturated heterocycles. The molecule has 3 aliphatic heterocycles. The molecule has 3 aliphatic rings. The van der Waals surface area contributed by atoms with E-state index in [1.807, 2.05) is 0 Å². The second kappa shape index (κ2) is 5.09. The van der Waals surface area contributed by atoms with Gasteiger partial charge in [0.2, 0.25) is 10.0 Å². The van der Waals surface area contributed by atoms with E-state index in [1.54, 1.807) is 0 Å². The van der Waals surface area contributed by atoms with Gasteiger partial charge in [-0.3, -0.25) is 4.31 Å². The minimum Gasteiger partial charge on any atom is -0.390 e. The summed E-state index contributed by atoms with van der Waals surface area (Å²) >= 11 is 0. The Morgan fingerprint density at radius 2 is 2.08 bits per heavy atom. The maximum Gasteiger partial charge on any atom is 0.417 e. The van der Waals surface area contributed by atoms with Crippen LogP contribution in [0, 0.1) is 17.2 Å². The molecule has 0 saturated carbocycles. The Balaban J connectivity index is 1.76. The average Bonchev–Trinajstić information content (AvgIpc) is 3.15. The topological polar surface area (TPSA) is 90.6 Å². The third kappa shape index (κ3) is 2.26. The van der Waals surface area contributed by atoms with Gasteiger partial charge in [0.1, 0.15) is 11.4 Å². The second-order valence-electron chi connectivity index (χ2n) is 6.49. The molecule has 2 unspecified atom stereocenters. The molecule has 6 nitrogen and oxygen atoms in total. The highest BCUT2D eigenvalue weighted by Crippen LogP contribution is 2.49. The van der Waals surface area contributed by atoms with E-state index >= 15 is 0 Å². The lowest BCUT2D eigenvalue weighted by Gasteiger charge is -2.23. The SMILES string of the molecule is N#Cc1ccc(N2CC3C([C@@H]4O[C@H]3C[C@H]4O)S2(=O)=O)cc1C(F)(F)F. The van der Waals surface area contributed by atoms with Crippen molar-refractivity contribution in [1.82, 2.24) is 0 Å². The highest BCUT2D eigenvalue weighted by Gasteiger charge is 2.64. The van der Waals surface area contributed by atoms with Crippen molar-refractivity contribution in [2.24, 2.45) is 5.92 Å². The third-order valence-electron chi connectivity index (χ3n) is 5.15. The third-order valence-corrected chi connectivity index (χ3v) is 7.43. The fourth-order valence-electron chi connectivity index (χ4n) is 4.07. The smallest absolute Gasteiger partial charge is 0.390 e. The molecular formula is C15H13F3N2O4S. The van der Waals surface area contributed by atoms with Crippen molar-refractivity contribution in [2.75, 3.05) is 10.8 Å². The molecule has 10 heteroatoms. The van der Waals surface area contributed by atoms with Crippen LogP contribution in [-0.2, 0) is 20.9 Å². The Kier molecular flexibility index (Phi) is 3.39. The van der Waals surface area contributed by atoms with Gasteiger partial charge in [0.15, 0.2) is 0 Å². The first-order chi connectivity index (χ1) is 11.6. The number of sulfonamides is 1. The number of nitriles is 1. The average molecular weight is 374 g/mol. The lowest BCUT2D eigenvalue weighted by atomic mass is 9.87. The zero-order valence-corrected chi connectivity index (χ0v) is 13.5. The molecule has 0 aliphatic carbocycles. The van der Waals surface area contributed by atoms with Gasteiger partial charge in [-0.05, 0) is 18.2 Å². The standard InChI is InChI=1S/C15H13F3N2O4S/c16-15(17,18)10-3-8(2-1-7(10)5-19)20-6-9-12-4-11(21)13(24-12)14(9)25(20,22)23/h1-3,9,11-14,21H,4,6H2/t9?,11-,12+,13-,14?/m1/s1. The predicted molar refractivity (Wildman–Crippen MR) is 79.0 cm³/mol. The van der Waals surface area contributed by atoms with E-state index in [0.29, 0.717) is 12.5 Å². The van der Waals surface area contributed by atoms with Crippen molar-refractivity contribution in [3.8, 4) is 6.07 Å². The maximum absolute atomic E-state index is 13.1. The summed E-state index contributed by atoms with van der Waals surface area (Å²) in [5.41, 5.74) is -1.86. The minimum atomic E-state index is -4.77. The van der Waals surface area contributed by atoms with Gasteiger partial charge in [0.05, 0.1) is 35.1 Å². The van der Waals surface area contributed by atoms with Crippen LogP contribution in [0.1, 0.15) is 17.5 Å². The molecule has 0 spiro atoms. The molecule has 134 valence electrons. The zero-order chi connectivity index (χ0) is 18.1. The number of aliphatic hydroxyl groups excluding tert-OH is 1. The van der Waals surface area contributed by atoms with Gasteiger partial charge in [-0.1, -0.05) is 0 Å². The molecular weight excluding hydrogens is 361 g/mol. The molecule has 0 amide bonds.